The zero-order valence-electron chi connectivity index (χ0n) is 23.4. The van der Waals surface area contributed by atoms with Gasteiger partial charge >= 0.3 is 0 Å². The Morgan fingerprint density at radius 3 is 2.10 bits per heavy atom. The third kappa shape index (κ3) is 7.42. The van der Waals surface area contributed by atoms with Crippen LogP contribution in [0.3, 0.4) is 0 Å². The van der Waals surface area contributed by atoms with E-state index in [0.717, 1.165) is 41.1 Å². The number of carbonyl (C=O) groups excluding carboxylic acids is 2. The zero-order chi connectivity index (χ0) is 29.7. The number of amides is 2. The van der Waals surface area contributed by atoms with Gasteiger partial charge in [-0.3, -0.25) is 13.9 Å². The summed E-state index contributed by atoms with van der Waals surface area (Å²) in [4.78, 5) is 28.9. The second kappa shape index (κ2) is 13.3. The van der Waals surface area contributed by atoms with Crippen LogP contribution in [0.2, 0.25) is 10.0 Å². The second-order valence-electron chi connectivity index (χ2n) is 10.6. The van der Waals surface area contributed by atoms with E-state index in [4.69, 9.17) is 23.2 Å². The number of sulfonamides is 1. The number of nitrogens with zero attached hydrogens (tertiary/aromatic N) is 2. The van der Waals surface area contributed by atoms with Crippen LogP contribution in [0.15, 0.2) is 71.6 Å². The van der Waals surface area contributed by atoms with Crippen molar-refractivity contribution in [2.45, 2.75) is 70.0 Å². The van der Waals surface area contributed by atoms with Gasteiger partial charge in [-0.1, -0.05) is 66.4 Å². The average molecular weight is 617 g/mol. The summed E-state index contributed by atoms with van der Waals surface area (Å²) in [7, 11) is -4.14. The van der Waals surface area contributed by atoms with Gasteiger partial charge in [0.05, 0.1) is 10.6 Å². The quantitative estimate of drug-likeness (QED) is 0.291. The number of halogens is 2. The van der Waals surface area contributed by atoms with Gasteiger partial charge in [-0.25, -0.2) is 8.42 Å². The van der Waals surface area contributed by atoms with E-state index in [2.05, 4.69) is 5.32 Å². The van der Waals surface area contributed by atoms with Gasteiger partial charge in [-0.15, -0.1) is 0 Å². The van der Waals surface area contributed by atoms with E-state index in [1.807, 2.05) is 19.9 Å². The molecule has 1 aliphatic carbocycles. The first kappa shape index (κ1) is 30.9. The van der Waals surface area contributed by atoms with Gasteiger partial charge in [-0.05, 0) is 81.1 Å². The molecule has 0 aromatic heterocycles. The molecule has 1 atom stereocenters. The molecule has 218 valence electrons. The number of anilines is 1. The number of carbonyl (C=O) groups is 2. The maximum atomic E-state index is 14.1. The Morgan fingerprint density at radius 2 is 1.51 bits per heavy atom. The summed E-state index contributed by atoms with van der Waals surface area (Å²) in [5.74, 6) is -0.869. The first-order valence-corrected chi connectivity index (χ1v) is 15.9. The van der Waals surface area contributed by atoms with Gasteiger partial charge in [0.25, 0.3) is 10.0 Å². The molecule has 0 bridgehead atoms. The molecule has 0 radical (unpaired) electrons. The molecule has 1 saturated carbocycles. The Hall–Kier alpha value is -3.07. The lowest BCUT2D eigenvalue weighted by atomic mass is 10.1. The lowest BCUT2D eigenvalue weighted by molar-refractivity contribution is -0.139. The van der Waals surface area contributed by atoms with Crippen LogP contribution in [0.5, 0.6) is 0 Å². The summed E-state index contributed by atoms with van der Waals surface area (Å²) in [6.07, 6.45) is 3.86. The Labute approximate surface area is 252 Å². The largest absolute Gasteiger partial charge is 0.352 e. The molecule has 0 saturated heterocycles. The van der Waals surface area contributed by atoms with Crippen molar-refractivity contribution in [2.24, 2.45) is 0 Å². The van der Waals surface area contributed by atoms with Crippen molar-refractivity contribution in [3.63, 3.8) is 0 Å². The fourth-order valence-corrected chi connectivity index (χ4v) is 7.11. The summed E-state index contributed by atoms with van der Waals surface area (Å²) >= 11 is 12.9. The number of aryl methyl sites for hydroxylation is 2. The van der Waals surface area contributed by atoms with Crippen molar-refractivity contribution in [3.05, 3.63) is 93.5 Å². The monoisotopic (exact) mass is 615 g/mol. The Morgan fingerprint density at radius 1 is 0.927 bits per heavy atom. The van der Waals surface area contributed by atoms with Crippen molar-refractivity contribution >= 4 is 50.7 Å². The number of benzene rings is 3. The zero-order valence-corrected chi connectivity index (χ0v) is 25.8. The van der Waals surface area contributed by atoms with Gasteiger partial charge in [0.1, 0.15) is 12.6 Å². The Bertz CT molecular complexity index is 1470. The molecule has 3 aromatic carbocycles. The molecule has 0 unspecified atom stereocenters. The van der Waals surface area contributed by atoms with E-state index in [1.165, 1.54) is 17.0 Å². The SMILES string of the molecule is Cc1cc(C)cc(N(CC(=O)N(Cc2c(Cl)cccc2Cl)[C@H](C)C(=O)NC2CCCC2)S(=O)(=O)c2ccccc2)c1. The smallest absolute Gasteiger partial charge is 0.264 e. The molecule has 0 spiro atoms. The molecule has 4 rings (SSSR count). The summed E-state index contributed by atoms with van der Waals surface area (Å²) in [5.41, 5.74) is 2.54. The molecule has 7 nitrogen and oxygen atoms in total. The number of hydrogen-bond donors (Lipinski definition) is 1. The van der Waals surface area contributed by atoms with Gasteiger partial charge in [0.15, 0.2) is 0 Å². The van der Waals surface area contributed by atoms with Crippen LogP contribution >= 0.6 is 23.2 Å². The van der Waals surface area contributed by atoms with Crippen molar-refractivity contribution in [1.29, 1.82) is 0 Å². The highest BCUT2D eigenvalue weighted by Crippen LogP contribution is 2.29. The van der Waals surface area contributed by atoms with Crippen LogP contribution in [-0.4, -0.2) is 43.8 Å². The predicted molar refractivity (Wildman–Crippen MR) is 164 cm³/mol. The number of hydrogen-bond acceptors (Lipinski definition) is 4. The van der Waals surface area contributed by atoms with E-state index < -0.39 is 28.5 Å². The first-order valence-electron chi connectivity index (χ1n) is 13.7. The Kier molecular flexibility index (Phi) is 10.00. The summed E-state index contributed by atoms with van der Waals surface area (Å²) in [5, 5.41) is 3.75. The lowest BCUT2D eigenvalue weighted by Crippen LogP contribution is -2.52. The third-order valence-corrected chi connectivity index (χ3v) is 9.86. The molecule has 0 aliphatic heterocycles. The van der Waals surface area contributed by atoms with E-state index in [1.54, 1.807) is 55.5 Å². The predicted octanol–water partition coefficient (Wildman–Crippen LogP) is 6.28. The Balaban J connectivity index is 1.73. The van der Waals surface area contributed by atoms with Crippen LogP contribution in [-0.2, 0) is 26.2 Å². The van der Waals surface area contributed by atoms with Crippen LogP contribution in [0.25, 0.3) is 0 Å². The van der Waals surface area contributed by atoms with Crippen LogP contribution < -0.4 is 9.62 Å². The normalized spacial score (nSPS) is 14.5. The molecule has 1 N–H and O–H groups in total. The molecule has 0 heterocycles. The molecular formula is C31H35Cl2N3O4S. The van der Waals surface area contributed by atoms with Crippen molar-refractivity contribution < 1.29 is 18.0 Å². The molecule has 1 fully saturated rings. The number of nitrogens with one attached hydrogen (secondary N) is 1. The van der Waals surface area contributed by atoms with Crippen LogP contribution in [0.1, 0.15) is 49.3 Å². The topological polar surface area (TPSA) is 86.8 Å². The van der Waals surface area contributed by atoms with Crippen molar-refractivity contribution in [3.8, 4) is 0 Å². The highest BCUT2D eigenvalue weighted by Gasteiger charge is 2.34. The standard InChI is InChI=1S/C31H35Cl2N3O4S/c1-21-16-22(2)18-25(17-21)36(41(39,40)26-12-5-4-6-13-26)20-30(37)35(19-27-28(32)14-9-15-29(27)33)23(3)31(38)34-24-10-7-8-11-24/h4-6,9,12-18,23-24H,7-8,10-11,19-20H2,1-3H3,(H,34,38)/t23-/m1/s1. The van der Waals surface area contributed by atoms with E-state index in [-0.39, 0.29) is 23.4 Å². The van der Waals surface area contributed by atoms with E-state index in [0.29, 0.717) is 21.3 Å². The van der Waals surface area contributed by atoms with Gasteiger partial charge in [0, 0.05) is 28.2 Å². The number of rotatable bonds is 10. The van der Waals surface area contributed by atoms with Crippen LogP contribution in [0, 0.1) is 13.8 Å². The molecule has 10 heteroatoms. The summed E-state index contributed by atoms with van der Waals surface area (Å²) < 4.78 is 29.0. The summed E-state index contributed by atoms with van der Waals surface area (Å²) in [6, 6.07) is 17.5. The third-order valence-electron chi connectivity index (χ3n) is 7.36. The lowest BCUT2D eigenvalue weighted by Gasteiger charge is -2.33. The average Bonchev–Trinajstić information content (AvgIpc) is 3.44. The van der Waals surface area contributed by atoms with Gasteiger partial charge < -0.3 is 10.2 Å². The highest BCUT2D eigenvalue weighted by atomic mass is 35.5. The fraction of sp³-hybridized carbons (Fsp3) is 0.355. The minimum atomic E-state index is -4.14. The molecule has 2 amide bonds. The van der Waals surface area contributed by atoms with Gasteiger partial charge in [-0.2, -0.15) is 0 Å². The maximum absolute atomic E-state index is 14.1. The minimum Gasteiger partial charge on any atom is -0.352 e. The van der Waals surface area contributed by atoms with Gasteiger partial charge in [0.2, 0.25) is 11.8 Å². The fourth-order valence-electron chi connectivity index (χ4n) is 5.17. The molecule has 41 heavy (non-hydrogen) atoms. The van der Waals surface area contributed by atoms with E-state index in [9.17, 15) is 18.0 Å². The molecule has 1 aliphatic rings. The van der Waals surface area contributed by atoms with Crippen LogP contribution in [0.4, 0.5) is 5.69 Å². The van der Waals surface area contributed by atoms with Crippen molar-refractivity contribution in [2.75, 3.05) is 10.8 Å². The second-order valence-corrected chi connectivity index (χ2v) is 13.2. The van der Waals surface area contributed by atoms with Crippen molar-refractivity contribution in [1.82, 2.24) is 10.2 Å². The highest BCUT2D eigenvalue weighted by molar-refractivity contribution is 7.92. The summed E-state index contributed by atoms with van der Waals surface area (Å²) in [6.45, 7) is 4.78. The maximum Gasteiger partial charge on any atom is 0.264 e. The molecule has 3 aromatic rings. The molecular weight excluding hydrogens is 581 g/mol. The first-order chi connectivity index (χ1) is 19.5. The minimum absolute atomic E-state index is 0.0519. The van der Waals surface area contributed by atoms with E-state index >= 15 is 0 Å².